The van der Waals surface area contributed by atoms with Crippen molar-refractivity contribution in [2.24, 2.45) is 20.0 Å². The highest BCUT2D eigenvalue weighted by Crippen LogP contribution is 2.14. The van der Waals surface area contributed by atoms with E-state index in [9.17, 15) is 0 Å². The molecule has 0 fully saturated rings. The van der Waals surface area contributed by atoms with E-state index >= 15 is 0 Å². The minimum atomic E-state index is -0.152. The lowest BCUT2D eigenvalue weighted by atomic mass is 10.1. The molecule has 2 heterocycles. The molecule has 8 nitrogen and oxygen atoms in total. The zero-order chi connectivity index (χ0) is 25.6. The molecule has 0 aliphatic carbocycles. The first kappa shape index (κ1) is 31.6. The Labute approximate surface area is 207 Å². The summed E-state index contributed by atoms with van der Waals surface area (Å²) in [6.45, 7) is 19.5. The van der Waals surface area contributed by atoms with Gasteiger partial charge in [0.1, 0.15) is 25.2 Å². The fourth-order valence-electron chi connectivity index (χ4n) is 2.88. The second kappa shape index (κ2) is 21.2. The van der Waals surface area contributed by atoms with Gasteiger partial charge < -0.3 is 18.9 Å². The molecule has 0 bridgehead atoms. The molecule has 0 radical (unpaired) electrons. The van der Waals surface area contributed by atoms with E-state index in [1.807, 2.05) is 27.7 Å². The van der Waals surface area contributed by atoms with Crippen LogP contribution in [0.4, 0.5) is 0 Å². The Morgan fingerprint density at radius 2 is 0.912 bits per heavy atom. The molecule has 2 atom stereocenters. The van der Waals surface area contributed by atoms with Crippen LogP contribution in [0.3, 0.4) is 0 Å². The first-order valence-corrected chi connectivity index (χ1v) is 12.9. The maximum Gasteiger partial charge on any atom is 0.209 e. The summed E-state index contributed by atoms with van der Waals surface area (Å²) in [5.74, 6) is 2.66. The number of ether oxygens (including phenoxy) is 4. The monoisotopic (exact) mass is 480 g/mol. The smallest absolute Gasteiger partial charge is 0.209 e. The maximum atomic E-state index is 5.63. The Balaban J connectivity index is 0.00000164. The molecule has 0 N–H and O–H groups in total. The van der Waals surface area contributed by atoms with Gasteiger partial charge in [0, 0.05) is 0 Å². The van der Waals surface area contributed by atoms with Crippen LogP contribution in [0.15, 0.2) is 32.1 Å². The second-order valence-corrected chi connectivity index (χ2v) is 7.48. The van der Waals surface area contributed by atoms with Crippen molar-refractivity contribution in [3.05, 3.63) is 12.2 Å². The average Bonchev–Trinajstić information content (AvgIpc) is 2.81. The maximum absolute atomic E-state index is 5.63. The molecule has 2 aliphatic rings. The van der Waals surface area contributed by atoms with Gasteiger partial charge in [0.15, 0.2) is 0 Å². The molecule has 0 spiro atoms. The van der Waals surface area contributed by atoms with Crippen LogP contribution in [-0.4, -0.2) is 75.2 Å². The summed E-state index contributed by atoms with van der Waals surface area (Å²) in [4.78, 5) is 18.2. The number of aliphatic imine (C=N–C) groups is 4. The molecule has 0 saturated heterocycles. The van der Waals surface area contributed by atoms with Gasteiger partial charge in [-0.05, 0) is 40.5 Å². The van der Waals surface area contributed by atoms with Crippen molar-refractivity contribution >= 4 is 23.6 Å². The molecule has 34 heavy (non-hydrogen) atoms. The Hall–Kier alpha value is -2.38. The fourth-order valence-corrected chi connectivity index (χ4v) is 2.88. The average molecular weight is 481 g/mol. The van der Waals surface area contributed by atoms with Crippen molar-refractivity contribution in [3.8, 4) is 0 Å². The summed E-state index contributed by atoms with van der Waals surface area (Å²) in [6.07, 6.45) is 8.02. The van der Waals surface area contributed by atoms with Gasteiger partial charge in [-0.3, -0.25) is 0 Å². The van der Waals surface area contributed by atoms with E-state index in [-0.39, 0.29) is 12.1 Å². The number of rotatable bonds is 8. The van der Waals surface area contributed by atoms with Crippen LogP contribution >= 0.6 is 0 Å². The highest BCUT2D eigenvalue weighted by atomic mass is 16.5. The number of hydrogen-bond acceptors (Lipinski definition) is 8. The van der Waals surface area contributed by atoms with Gasteiger partial charge in [0.05, 0.1) is 26.4 Å². The van der Waals surface area contributed by atoms with Gasteiger partial charge >= 0.3 is 0 Å². The van der Waals surface area contributed by atoms with Gasteiger partial charge in [-0.1, -0.05) is 52.7 Å². The molecule has 2 rings (SSSR count). The Bertz CT molecular complexity index is 616. The van der Waals surface area contributed by atoms with Crippen LogP contribution in [0.1, 0.15) is 81.1 Å². The molecule has 8 heteroatoms. The minimum Gasteiger partial charge on any atom is -0.480 e. The predicted molar refractivity (Wildman–Crippen MR) is 144 cm³/mol. The molecule has 196 valence electrons. The topological polar surface area (TPSA) is 86.4 Å². The summed E-state index contributed by atoms with van der Waals surface area (Å²) in [6, 6.07) is -0.305. The normalized spacial score (nSPS) is 19.3. The molecule has 0 unspecified atom stereocenters. The molecule has 0 aromatic rings. The Kier molecular flexibility index (Phi) is 19.7. The standard InChI is InChI=1S/C20H32N4O4.2C3H8/c1-5-25-17-13-21-19(27-7-3)15(23-17)11-9-10-12-16-20(28-8-4)22-14-18(24-16)26-6-2;2*1-3-2/h9-10,15-16H,5-8,11-14H2,1-4H3;2*3H2,1-2H3/b10-9+;;/t15-,16-;;/m1../s1. The lowest BCUT2D eigenvalue weighted by molar-refractivity contribution is 0.293. The molecule has 0 amide bonds. The minimum absolute atomic E-state index is 0.152. The summed E-state index contributed by atoms with van der Waals surface area (Å²) in [5.41, 5.74) is 0. The van der Waals surface area contributed by atoms with E-state index in [4.69, 9.17) is 18.9 Å². The van der Waals surface area contributed by atoms with Crippen LogP contribution in [0.25, 0.3) is 0 Å². The van der Waals surface area contributed by atoms with Crippen molar-refractivity contribution in [3.63, 3.8) is 0 Å². The summed E-state index contributed by atoms with van der Waals surface area (Å²) in [5, 5.41) is 0. The lowest BCUT2D eigenvalue weighted by Gasteiger charge is -2.21. The Morgan fingerprint density at radius 3 is 1.21 bits per heavy atom. The third-order valence-electron chi connectivity index (χ3n) is 4.00. The predicted octanol–water partition coefficient (Wildman–Crippen LogP) is 5.66. The van der Waals surface area contributed by atoms with Gasteiger partial charge in [-0.25, -0.2) is 20.0 Å². The van der Waals surface area contributed by atoms with Crippen LogP contribution in [-0.2, 0) is 18.9 Å². The lowest BCUT2D eigenvalue weighted by Crippen LogP contribution is -2.30. The zero-order valence-electron chi connectivity index (χ0n) is 22.8. The zero-order valence-corrected chi connectivity index (χ0v) is 22.8. The highest BCUT2D eigenvalue weighted by Gasteiger charge is 2.23. The van der Waals surface area contributed by atoms with Crippen molar-refractivity contribution in [2.45, 2.75) is 93.2 Å². The number of hydrogen-bond donors (Lipinski definition) is 0. The molecule has 2 aliphatic heterocycles. The summed E-state index contributed by atoms with van der Waals surface area (Å²) >= 11 is 0. The Morgan fingerprint density at radius 1 is 0.588 bits per heavy atom. The molecule has 0 aromatic heterocycles. The van der Waals surface area contributed by atoms with Gasteiger partial charge in [0.25, 0.3) is 0 Å². The number of nitrogens with zero attached hydrogens (tertiary/aromatic N) is 4. The third-order valence-corrected chi connectivity index (χ3v) is 4.00. The van der Waals surface area contributed by atoms with E-state index in [0.29, 0.717) is 75.9 Å². The van der Waals surface area contributed by atoms with Crippen LogP contribution in [0.2, 0.25) is 0 Å². The van der Waals surface area contributed by atoms with Gasteiger partial charge in [-0.15, -0.1) is 0 Å². The van der Waals surface area contributed by atoms with Gasteiger partial charge in [-0.2, -0.15) is 0 Å². The second-order valence-electron chi connectivity index (χ2n) is 7.48. The third kappa shape index (κ3) is 13.4. The first-order chi connectivity index (χ1) is 16.5. The van der Waals surface area contributed by atoms with E-state index in [1.54, 1.807) is 0 Å². The molecular formula is C26H48N4O4. The fraction of sp³-hybridized carbons (Fsp3) is 0.769. The van der Waals surface area contributed by atoms with E-state index in [2.05, 4.69) is 59.8 Å². The molecule has 0 saturated carbocycles. The summed E-state index contributed by atoms with van der Waals surface area (Å²) < 4.78 is 22.3. The van der Waals surface area contributed by atoms with E-state index in [0.717, 1.165) is 0 Å². The van der Waals surface area contributed by atoms with Crippen LogP contribution in [0, 0.1) is 0 Å². The van der Waals surface area contributed by atoms with Gasteiger partial charge in [0.2, 0.25) is 23.6 Å². The van der Waals surface area contributed by atoms with Crippen LogP contribution < -0.4 is 0 Å². The van der Waals surface area contributed by atoms with Crippen molar-refractivity contribution < 1.29 is 18.9 Å². The largest absolute Gasteiger partial charge is 0.480 e. The van der Waals surface area contributed by atoms with E-state index in [1.165, 1.54) is 12.8 Å². The molecule has 0 aromatic carbocycles. The SMILES string of the molecule is CCC.CCC.CCOC1=N[C@H](C/C=C/C[C@H]2N=C(OCC)CN=C2OCC)C(OCC)=NC1. The van der Waals surface area contributed by atoms with Crippen molar-refractivity contribution in [1.29, 1.82) is 0 Å². The van der Waals surface area contributed by atoms with Crippen LogP contribution in [0.5, 0.6) is 0 Å². The van der Waals surface area contributed by atoms with E-state index < -0.39 is 0 Å². The first-order valence-electron chi connectivity index (χ1n) is 12.9. The molecular weight excluding hydrogens is 432 g/mol. The summed E-state index contributed by atoms with van der Waals surface area (Å²) in [7, 11) is 0. The quantitative estimate of drug-likeness (QED) is 0.419. The van der Waals surface area contributed by atoms with Crippen molar-refractivity contribution in [2.75, 3.05) is 39.5 Å². The van der Waals surface area contributed by atoms with Crippen molar-refractivity contribution in [1.82, 2.24) is 0 Å². The highest BCUT2D eigenvalue weighted by molar-refractivity contribution is 5.92.